The average molecular weight is 259 g/mol. The smallest absolute Gasteiger partial charge is 0.199 e. The van der Waals surface area contributed by atoms with Crippen molar-refractivity contribution in [3.8, 4) is 11.6 Å². The van der Waals surface area contributed by atoms with Crippen LogP contribution in [0.5, 0.6) is 11.6 Å². The molecule has 1 N–H and O–H groups in total. The molecule has 3 rings (SSSR count). The number of para-hydroxylation sites is 1. The van der Waals surface area contributed by atoms with Crippen LogP contribution in [0.15, 0.2) is 23.0 Å². The molecule has 1 atom stereocenters. The quantitative estimate of drug-likeness (QED) is 0.856. The van der Waals surface area contributed by atoms with Gasteiger partial charge in [0.15, 0.2) is 11.3 Å². The fraction of sp³-hybridized carbons (Fsp3) is 0.400. The largest absolute Gasteiger partial charge is 0.495 e. The molecule has 0 bridgehead atoms. The monoisotopic (exact) mass is 259 g/mol. The lowest BCUT2D eigenvalue weighted by Gasteiger charge is -2.21. The number of fused-ring (bicyclic) bond motifs is 2. The molecule has 1 unspecified atom stereocenters. The summed E-state index contributed by atoms with van der Waals surface area (Å²) < 4.78 is 11.1. The molecular weight excluding hydrogens is 242 g/mol. The van der Waals surface area contributed by atoms with Gasteiger partial charge >= 0.3 is 0 Å². The van der Waals surface area contributed by atoms with Gasteiger partial charge in [-0.15, -0.1) is 0 Å². The van der Waals surface area contributed by atoms with Crippen LogP contribution >= 0.6 is 0 Å². The molecule has 2 heterocycles. The standard InChI is InChI=1S/C15H17NO3/c1-8-15(2,3)11-13(17)9-6-5-7-10(18-4)12(9)16-14(11)19-8/h5-8H,1-4H3,(H,16,17). The van der Waals surface area contributed by atoms with E-state index >= 15 is 0 Å². The first kappa shape index (κ1) is 12.1. The highest BCUT2D eigenvalue weighted by molar-refractivity contribution is 5.86. The summed E-state index contributed by atoms with van der Waals surface area (Å²) in [5.41, 5.74) is 1.15. The SMILES string of the molecule is COc1cccc2c(=O)c3c([nH]c12)OC(C)C3(C)C. The van der Waals surface area contributed by atoms with Crippen LogP contribution in [0, 0.1) is 0 Å². The molecule has 1 aliphatic rings. The molecule has 1 aliphatic heterocycles. The highest BCUT2D eigenvalue weighted by Crippen LogP contribution is 2.40. The fourth-order valence-electron chi connectivity index (χ4n) is 2.63. The number of benzene rings is 1. The summed E-state index contributed by atoms with van der Waals surface area (Å²) >= 11 is 0. The number of hydrogen-bond acceptors (Lipinski definition) is 3. The van der Waals surface area contributed by atoms with Gasteiger partial charge in [-0.3, -0.25) is 4.79 Å². The molecule has 2 aromatic rings. The molecule has 100 valence electrons. The van der Waals surface area contributed by atoms with Crippen LogP contribution < -0.4 is 14.9 Å². The molecule has 4 nitrogen and oxygen atoms in total. The number of hydrogen-bond donors (Lipinski definition) is 1. The van der Waals surface area contributed by atoms with Gasteiger partial charge in [-0.25, -0.2) is 0 Å². The second-order valence-corrected chi connectivity index (χ2v) is 5.52. The molecule has 19 heavy (non-hydrogen) atoms. The van der Waals surface area contributed by atoms with Gasteiger partial charge in [0.1, 0.15) is 11.9 Å². The Morgan fingerprint density at radius 1 is 1.37 bits per heavy atom. The lowest BCUT2D eigenvalue weighted by Crippen LogP contribution is -2.32. The average Bonchev–Trinajstić information content (AvgIpc) is 2.60. The van der Waals surface area contributed by atoms with Crippen molar-refractivity contribution in [1.29, 1.82) is 0 Å². The van der Waals surface area contributed by atoms with Gasteiger partial charge in [-0.2, -0.15) is 0 Å². The summed E-state index contributed by atoms with van der Waals surface area (Å²) in [5, 5.41) is 0.642. The summed E-state index contributed by atoms with van der Waals surface area (Å²) in [4.78, 5) is 15.9. The Balaban J connectivity index is 2.43. The Morgan fingerprint density at radius 3 is 2.79 bits per heavy atom. The molecule has 0 fully saturated rings. The van der Waals surface area contributed by atoms with Crippen LogP contribution in [0.4, 0.5) is 0 Å². The second kappa shape index (κ2) is 3.76. The third kappa shape index (κ3) is 1.49. The van der Waals surface area contributed by atoms with Gasteiger partial charge in [0, 0.05) is 10.8 Å². The molecule has 0 radical (unpaired) electrons. The highest BCUT2D eigenvalue weighted by atomic mass is 16.5. The van der Waals surface area contributed by atoms with Crippen molar-refractivity contribution in [2.45, 2.75) is 32.3 Å². The van der Waals surface area contributed by atoms with Gasteiger partial charge in [-0.05, 0) is 19.1 Å². The molecule has 1 aromatic carbocycles. The Kier molecular flexibility index (Phi) is 2.39. The molecule has 0 saturated carbocycles. The van der Waals surface area contributed by atoms with Crippen molar-refractivity contribution in [2.75, 3.05) is 7.11 Å². The maximum Gasteiger partial charge on any atom is 0.199 e. The van der Waals surface area contributed by atoms with Crippen LogP contribution in [0.1, 0.15) is 26.3 Å². The van der Waals surface area contributed by atoms with Crippen molar-refractivity contribution in [1.82, 2.24) is 4.98 Å². The van der Waals surface area contributed by atoms with Crippen LogP contribution in [-0.2, 0) is 5.41 Å². The molecule has 0 aliphatic carbocycles. The van der Waals surface area contributed by atoms with E-state index in [2.05, 4.69) is 4.98 Å². The third-order valence-electron chi connectivity index (χ3n) is 4.14. The van der Waals surface area contributed by atoms with E-state index in [1.54, 1.807) is 7.11 Å². The highest BCUT2D eigenvalue weighted by Gasteiger charge is 2.42. The van der Waals surface area contributed by atoms with E-state index in [1.165, 1.54) is 0 Å². The van der Waals surface area contributed by atoms with Gasteiger partial charge < -0.3 is 14.5 Å². The minimum Gasteiger partial charge on any atom is -0.495 e. The summed E-state index contributed by atoms with van der Waals surface area (Å²) in [6.45, 7) is 6.05. The summed E-state index contributed by atoms with van der Waals surface area (Å²) in [6, 6.07) is 5.47. The number of nitrogens with one attached hydrogen (secondary N) is 1. The zero-order chi connectivity index (χ0) is 13.8. The van der Waals surface area contributed by atoms with Crippen molar-refractivity contribution in [3.05, 3.63) is 34.0 Å². The molecule has 0 saturated heterocycles. The first-order valence-electron chi connectivity index (χ1n) is 6.37. The van der Waals surface area contributed by atoms with Gasteiger partial charge in [0.25, 0.3) is 0 Å². The van der Waals surface area contributed by atoms with E-state index in [0.717, 1.165) is 5.56 Å². The normalized spacial score (nSPS) is 20.1. The maximum absolute atomic E-state index is 12.7. The lowest BCUT2D eigenvalue weighted by atomic mass is 9.82. The van der Waals surface area contributed by atoms with Crippen LogP contribution in [0.25, 0.3) is 10.9 Å². The van der Waals surface area contributed by atoms with E-state index in [0.29, 0.717) is 22.5 Å². The van der Waals surface area contributed by atoms with Gasteiger partial charge in [0.2, 0.25) is 0 Å². The van der Waals surface area contributed by atoms with E-state index in [9.17, 15) is 4.79 Å². The van der Waals surface area contributed by atoms with Crippen molar-refractivity contribution >= 4 is 10.9 Å². The molecule has 1 aromatic heterocycles. The minimum atomic E-state index is -0.291. The minimum absolute atomic E-state index is 0.0250. The predicted octanol–water partition coefficient (Wildman–Crippen LogP) is 2.60. The van der Waals surface area contributed by atoms with E-state index in [1.807, 2.05) is 39.0 Å². The van der Waals surface area contributed by atoms with Gasteiger partial charge in [-0.1, -0.05) is 19.9 Å². The summed E-state index contributed by atoms with van der Waals surface area (Å²) in [7, 11) is 1.59. The fourth-order valence-corrected chi connectivity index (χ4v) is 2.63. The third-order valence-corrected chi connectivity index (χ3v) is 4.14. The topological polar surface area (TPSA) is 51.3 Å². The van der Waals surface area contributed by atoms with Crippen LogP contribution in [0.3, 0.4) is 0 Å². The Bertz CT molecular complexity index is 715. The summed E-state index contributed by atoms with van der Waals surface area (Å²) in [5.74, 6) is 1.22. The Morgan fingerprint density at radius 2 is 2.11 bits per heavy atom. The number of rotatable bonds is 1. The van der Waals surface area contributed by atoms with E-state index < -0.39 is 0 Å². The molecular formula is C15H17NO3. The zero-order valence-corrected chi connectivity index (χ0v) is 11.5. The number of H-pyrrole nitrogens is 1. The van der Waals surface area contributed by atoms with Crippen molar-refractivity contribution in [3.63, 3.8) is 0 Å². The van der Waals surface area contributed by atoms with E-state index in [4.69, 9.17) is 9.47 Å². The number of ether oxygens (including phenoxy) is 2. The first-order valence-corrected chi connectivity index (χ1v) is 6.37. The van der Waals surface area contributed by atoms with E-state index in [-0.39, 0.29) is 16.9 Å². The Hall–Kier alpha value is -1.97. The molecule has 0 amide bonds. The van der Waals surface area contributed by atoms with Gasteiger partial charge in [0.05, 0.1) is 18.2 Å². The summed E-state index contributed by atoms with van der Waals surface area (Å²) in [6.07, 6.45) is -0.0331. The number of pyridine rings is 1. The number of methoxy groups -OCH3 is 1. The van der Waals surface area contributed by atoms with Crippen molar-refractivity contribution < 1.29 is 9.47 Å². The Labute approximate surface area is 111 Å². The lowest BCUT2D eigenvalue weighted by molar-refractivity contribution is 0.181. The molecule has 4 heteroatoms. The predicted molar refractivity (Wildman–Crippen MR) is 74.2 cm³/mol. The van der Waals surface area contributed by atoms with Crippen LogP contribution in [-0.4, -0.2) is 18.2 Å². The zero-order valence-electron chi connectivity index (χ0n) is 11.5. The number of aromatic nitrogens is 1. The number of aromatic amines is 1. The maximum atomic E-state index is 12.7. The van der Waals surface area contributed by atoms with Crippen molar-refractivity contribution in [2.24, 2.45) is 0 Å². The second-order valence-electron chi connectivity index (χ2n) is 5.52. The van der Waals surface area contributed by atoms with Crippen LogP contribution in [0.2, 0.25) is 0 Å². The molecule has 0 spiro atoms. The first-order chi connectivity index (χ1) is 8.96.